The first-order valence-corrected chi connectivity index (χ1v) is 5.82. The molecule has 2 nitrogen and oxygen atoms in total. The standard InChI is InChI=1S/C12H15BrFNO/c1-12(2,15)7-10(16)5-8-3-4-9(13)6-11(8)14/h3-4,6H,5,7,15H2,1-2H3. The van der Waals surface area contributed by atoms with Gasteiger partial charge in [0.15, 0.2) is 0 Å². The molecule has 88 valence electrons. The van der Waals surface area contributed by atoms with E-state index in [1.165, 1.54) is 6.07 Å². The van der Waals surface area contributed by atoms with E-state index >= 15 is 0 Å². The molecule has 2 N–H and O–H groups in total. The van der Waals surface area contributed by atoms with E-state index in [-0.39, 0.29) is 24.4 Å². The summed E-state index contributed by atoms with van der Waals surface area (Å²) < 4.78 is 14.1. The lowest BCUT2D eigenvalue weighted by Crippen LogP contribution is -2.35. The van der Waals surface area contributed by atoms with Crippen molar-refractivity contribution in [2.75, 3.05) is 0 Å². The first-order valence-electron chi connectivity index (χ1n) is 5.02. The Hall–Kier alpha value is -0.740. The lowest BCUT2D eigenvalue weighted by molar-refractivity contribution is -0.119. The quantitative estimate of drug-likeness (QED) is 0.925. The molecule has 0 aromatic heterocycles. The lowest BCUT2D eigenvalue weighted by Gasteiger charge is -2.17. The molecule has 0 unspecified atom stereocenters. The van der Waals surface area contributed by atoms with Crippen LogP contribution in [-0.2, 0) is 11.2 Å². The van der Waals surface area contributed by atoms with E-state index in [1.807, 2.05) is 0 Å². The van der Waals surface area contributed by atoms with E-state index in [1.54, 1.807) is 26.0 Å². The maximum atomic E-state index is 13.4. The smallest absolute Gasteiger partial charge is 0.139 e. The highest BCUT2D eigenvalue weighted by molar-refractivity contribution is 9.10. The van der Waals surface area contributed by atoms with Crippen molar-refractivity contribution in [1.29, 1.82) is 0 Å². The van der Waals surface area contributed by atoms with Gasteiger partial charge in [-0.05, 0) is 31.5 Å². The van der Waals surface area contributed by atoms with Gasteiger partial charge < -0.3 is 5.73 Å². The molecule has 0 bridgehead atoms. The zero-order valence-electron chi connectivity index (χ0n) is 9.39. The average Bonchev–Trinajstić information content (AvgIpc) is 2.06. The fourth-order valence-electron chi connectivity index (χ4n) is 1.45. The first-order chi connectivity index (χ1) is 7.28. The van der Waals surface area contributed by atoms with Crippen molar-refractivity contribution in [3.05, 3.63) is 34.1 Å². The minimum Gasteiger partial charge on any atom is -0.325 e. The molecule has 4 heteroatoms. The molecule has 0 atom stereocenters. The van der Waals surface area contributed by atoms with E-state index < -0.39 is 5.54 Å². The number of hydrogen-bond donors (Lipinski definition) is 1. The summed E-state index contributed by atoms with van der Waals surface area (Å²) in [6.07, 6.45) is 0.349. The van der Waals surface area contributed by atoms with Gasteiger partial charge in [0.2, 0.25) is 0 Å². The number of hydrogen-bond acceptors (Lipinski definition) is 2. The molecule has 0 radical (unpaired) electrons. The summed E-state index contributed by atoms with van der Waals surface area (Å²) in [7, 11) is 0. The van der Waals surface area contributed by atoms with Gasteiger partial charge in [0.1, 0.15) is 11.6 Å². The minimum atomic E-state index is -0.539. The average molecular weight is 288 g/mol. The van der Waals surface area contributed by atoms with Crippen LogP contribution in [0.1, 0.15) is 25.8 Å². The Morgan fingerprint density at radius 3 is 2.62 bits per heavy atom. The third kappa shape index (κ3) is 4.41. The van der Waals surface area contributed by atoms with Gasteiger partial charge in [-0.1, -0.05) is 22.0 Å². The second kappa shape index (κ2) is 5.06. The van der Waals surface area contributed by atoms with Crippen molar-refractivity contribution in [3.63, 3.8) is 0 Å². The van der Waals surface area contributed by atoms with E-state index in [2.05, 4.69) is 15.9 Å². The van der Waals surface area contributed by atoms with Crippen LogP contribution in [0, 0.1) is 5.82 Å². The van der Waals surface area contributed by atoms with Crippen LogP contribution in [-0.4, -0.2) is 11.3 Å². The van der Waals surface area contributed by atoms with Crippen LogP contribution in [0.25, 0.3) is 0 Å². The molecule has 1 aromatic rings. The third-order valence-corrected chi connectivity index (χ3v) is 2.55. The Kier molecular flexibility index (Phi) is 4.21. The number of benzene rings is 1. The van der Waals surface area contributed by atoms with Crippen molar-refractivity contribution in [2.24, 2.45) is 5.73 Å². The molecular weight excluding hydrogens is 273 g/mol. The molecule has 0 fully saturated rings. The van der Waals surface area contributed by atoms with Gasteiger partial charge in [0, 0.05) is 22.9 Å². The predicted molar refractivity (Wildman–Crippen MR) is 65.7 cm³/mol. The van der Waals surface area contributed by atoms with E-state index in [9.17, 15) is 9.18 Å². The van der Waals surface area contributed by atoms with Crippen molar-refractivity contribution >= 4 is 21.7 Å². The van der Waals surface area contributed by atoms with Gasteiger partial charge in [0.25, 0.3) is 0 Å². The van der Waals surface area contributed by atoms with Gasteiger partial charge >= 0.3 is 0 Å². The van der Waals surface area contributed by atoms with Crippen molar-refractivity contribution in [2.45, 2.75) is 32.2 Å². The van der Waals surface area contributed by atoms with Crippen molar-refractivity contribution in [3.8, 4) is 0 Å². The molecule has 1 aromatic carbocycles. The highest BCUT2D eigenvalue weighted by atomic mass is 79.9. The number of ketones is 1. The summed E-state index contributed by atoms with van der Waals surface area (Å²) >= 11 is 3.17. The highest BCUT2D eigenvalue weighted by Gasteiger charge is 2.17. The Morgan fingerprint density at radius 2 is 2.12 bits per heavy atom. The topological polar surface area (TPSA) is 43.1 Å². The van der Waals surface area contributed by atoms with Crippen LogP contribution in [0.3, 0.4) is 0 Å². The summed E-state index contributed by atoms with van der Waals surface area (Å²) in [5, 5.41) is 0. The summed E-state index contributed by atoms with van der Waals surface area (Å²) in [4.78, 5) is 11.6. The number of rotatable bonds is 4. The Labute approximate surface area is 103 Å². The molecule has 0 aliphatic heterocycles. The van der Waals surface area contributed by atoms with Crippen molar-refractivity contribution < 1.29 is 9.18 Å². The minimum absolute atomic E-state index is 0.0475. The normalized spacial score (nSPS) is 11.6. The molecule has 1 rings (SSSR count). The molecule has 0 spiro atoms. The Bertz CT molecular complexity index is 398. The van der Waals surface area contributed by atoms with Crippen LogP contribution < -0.4 is 5.73 Å². The molecule has 0 saturated carbocycles. The Balaban J connectivity index is 2.70. The van der Waals surface area contributed by atoms with Crippen LogP contribution in [0.5, 0.6) is 0 Å². The van der Waals surface area contributed by atoms with Crippen molar-refractivity contribution in [1.82, 2.24) is 0 Å². The zero-order valence-corrected chi connectivity index (χ0v) is 11.0. The molecular formula is C12H15BrFNO. The second-order valence-electron chi connectivity index (χ2n) is 4.62. The SMILES string of the molecule is CC(C)(N)CC(=O)Cc1ccc(Br)cc1F. The van der Waals surface area contributed by atoms with Gasteiger partial charge in [-0.25, -0.2) is 4.39 Å². The second-order valence-corrected chi connectivity index (χ2v) is 5.53. The van der Waals surface area contributed by atoms with Crippen LogP contribution in [0.2, 0.25) is 0 Å². The summed E-state index contributed by atoms with van der Waals surface area (Å²) in [5.74, 6) is -0.411. The zero-order chi connectivity index (χ0) is 12.3. The molecule has 0 saturated heterocycles. The maximum Gasteiger partial charge on any atom is 0.139 e. The van der Waals surface area contributed by atoms with Crippen LogP contribution in [0.15, 0.2) is 22.7 Å². The van der Waals surface area contributed by atoms with E-state index in [0.717, 1.165) is 0 Å². The molecule has 0 aliphatic carbocycles. The highest BCUT2D eigenvalue weighted by Crippen LogP contribution is 2.17. The third-order valence-electron chi connectivity index (χ3n) is 2.06. The monoisotopic (exact) mass is 287 g/mol. The maximum absolute atomic E-state index is 13.4. The van der Waals surface area contributed by atoms with E-state index in [4.69, 9.17) is 5.73 Å². The Morgan fingerprint density at radius 1 is 1.50 bits per heavy atom. The van der Waals surface area contributed by atoms with Crippen LogP contribution in [0.4, 0.5) is 4.39 Å². The fraction of sp³-hybridized carbons (Fsp3) is 0.417. The molecule has 0 aliphatic rings. The number of halogens is 2. The first kappa shape index (κ1) is 13.3. The fourth-order valence-corrected chi connectivity index (χ4v) is 1.78. The number of carbonyl (C=O) groups excluding carboxylic acids is 1. The van der Waals surface area contributed by atoms with Crippen LogP contribution >= 0.6 is 15.9 Å². The lowest BCUT2D eigenvalue weighted by atomic mass is 9.95. The van der Waals surface area contributed by atoms with E-state index in [0.29, 0.717) is 10.0 Å². The van der Waals surface area contributed by atoms with Gasteiger partial charge in [0.05, 0.1) is 0 Å². The summed E-state index contributed by atoms with van der Waals surface area (Å²) in [6.45, 7) is 3.56. The van der Waals surface area contributed by atoms with Gasteiger partial charge in [-0.15, -0.1) is 0 Å². The number of nitrogens with two attached hydrogens (primary N) is 1. The van der Waals surface area contributed by atoms with Gasteiger partial charge in [-0.3, -0.25) is 4.79 Å². The molecule has 0 heterocycles. The number of carbonyl (C=O) groups is 1. The van der Waals surface area contributed by atoms with Gasteiger partial charge in [-0.2, -0.15) is 0 Å². The molecule has 16 heavy (non-hydrogen) atoms. The number of Topliss-reactive ketones (excluding diaryl/α,β-unsaturated/α-hetero) is 1. The largest absolute Gasteiger partial charge is 0.325 e. The predicted octanol–water partition coefficient (Wildman–Crippen LogP) is 2.83. The molecule has 0 amide bonds. The summed E-state index contributed by atoms with van der Waals surface area (Å²) in [6, 6.07) is 4.69. The summed E-state index contributed by atoms with van der Waals surface area (Å²) in [5.41, 5.74) is 5.61.